The van der Waals surface area contributed by atoms with Gasteiger partial charge in [-0.25, -0.2) is 0 Å². The fourth-order valence-corrected chi connectivity index (χ4v) is 3.75. The number of rotatable bonds is 10. The summed E-state index contributed by atoms with van der Waals surface area (Å²) < 4.78 is 23.3. The zero-order valence-electron chi connectivity index (χ0n) is 19.1. The summed E-state index contributed by atoms with van der Waals surface area (Å²) in [5.41, 5.74) is 1.28. The molecule has 36 heavy (non-hydrogen) atoms. The number of methoxy groups -OCH3 is 2. The van der Waals surface area contributed by atoms with Gasteiger partial charge >= 0.3 is 0 Å². The Morgan fingerprint density at radius 3 is 2.44 bits per heavy atom. The number of amides is 1. The second-order valence-electron chi connectivity index (χ2n) is 7.22. The second kappa shape index (κ2) is 11.5. The van der Waals surface area contributed by atoms with Crippen LogP contribution in [0.3, 0.4) is 0 Å². The quantitative estimate of drug-likeness (QED) is 0.229. The van der Waals surface area contributed by atoms with Crippen LogP contribution in [0.1, 0.15) is 0 Å². The number of carbonyl (C=O) groups is 1. The summed E-state index contributed by atoms with van der Waals surface area (Å²) >= 11 is 17.9. The molecule has 4 rings (SSSR count). The van der Waals surface area contributed by atoms with Gasteiger partial charge in [0, 0.05) is 17.7 Å². The van der Waals surface area contributed by atoms with Crippen molar-refractivity contribution in [2.24, 2.45) is 0 Å². The molecule has 13 heteroatoms. The van der Waals surface area contributed by atoms with E-state index in [-0.39, 0.29) is 41.5 Å². The molecule has 2 heterocycles. The summed E-state index contributed by atoms with van der Waals surface area (Å²) in [5.74, 6) is 1.88. The molecular weight excluding hydrogens is 533 g/mol. The van der Waals surface area contributed by atoms with Crippen molar-refractivity contribution in [2.75, 3.05) is 34.0 Å². The summed E-state index contributed by atoms with van der Waals surface area (Å²) in [6, 6.07) is 11.7. The van der Waals surface area contributed by atoms with Crippen LogP contribution in [0, 0.1) is 0 Å². The third kappa shape index (κ3) is 5.84. The predicted molar refractivity (Wildman–Crippen MR) is 135 cm³/mol. The first kappa shape index (κ1) is 25.6. The molecule has 0 spiro atoms. The molecule has 0 radical (unpaired) electrons. The Bertz CT molecular complexity index is 1400. The Morgan fingerprint density at radius 1 is 0.889 bits per heavy atom. The summed E-state index contributed by atoms with van der Waals surface area (Å²) in [5, 5.41) is 16.3. The van der Waals surface area contributed by atoms with Crippen LogP contribution in [0.25, 0.3) is 17.0 Å². The molecule has 2 aromatic carbocycles. The van der Waals surface area contributed by atoms with Gasteiger partial charge in [-0.1, -0.05) is 34.8 Å². The van der Waals surface area contributed by atoms with Crippen LogP contribution in [0.5, 0.6) is 23.1 Å². The van der Waals surface area contributed by atoms with Crippen molar-refractivity contribution in [3.05, 3.63) is 57.5 Å². The summed E-state index contributed by atoms with van der Waals surface area (Å²) in [6.45, 7) is 0.143. The van der Waals surface area contributed by atoms with E-state index < -0.39 is 0 Å². The maximum atomic E-state index is 12.1. The minimum Gasteiger partial charge on any atom is -0.493 e. The van der Waals surface area contributed by atoms with Gasteiger partial charge in [-0.15, -0.1) is 15.3 Å². The van der Waals surface area contributed by atoms with E-state index in [9.17, 15) is 4.79 Å². The van der Waals surface area contributed by atoms with Gasteiger partial charge < -0.3 is 24.3 Å². The molecule has 0 aliphatic rings. The highest BCUT2D eigenvalue weighted by Crippen LogP contribution is 2.34. The monoisotopic (exact) mass is 551 g/mol. The normalized spacial score (nSPS) is 10.8. The van der Waals surface area contributed by atoms with Crippen molar-refractivity contribution in [1.82, 2.24) is 25.1 Å². The molecule has 0 unspecified atom stereocenters. The van der Waals surface area contributed by atoms with Crippen LogP contribution >= 0.6 is 34.8 Å². The van der Waals surface area contributed by atoms with Crippen LogP contribution in [0.2, 0.25) is 15.1 Å². The maximum absolute atomic E-state index is 12.1. The first-order valence-electron chi connectivity index (χ1n) is 10.5. The Kier molecular flexibility index (Phi) is 8.19. The highest BCUT2D eigenvalue weighted by Gasteiger charge is 2.14. The van der Waals surface area contributed by atoms with Gasteiger partial charge in [0.25, 0.3) is 5.91 Å². The predicted octanol–water partition coefficient (Wildman–Crippen LogP) is 4.34. The van der Waals surface area contributed by atoms with Gasteiger partial charge in [0.1, 0.15) is 12.4 Å². The lowest BCUT2D eigenvalue weighted by molar-refractivity contribution is -0.123. The number of hydrogen-bond acceptors (Lipinski definition) is 8. The van der Waals surface area contributed by atoms with Crippen molar-refractivity contribution in [3.8, 4) is 34.5 Å². The van der Waals surface area contributed by atoms with Crippen molar-refractivity contribution in [1.29, 1.82) is 0 Å². The van der Waals surface area contributed by atoms with Gasteiger partial charge in [-0.3, -0.25) is 4.79 Å². The molecule has 0 saturated heterocycles. The van der Waals surface area contributed by atoms with Gasteiger partial charge in [0.15, 0.2) is 29.6 Å². The van der Waals surface area contributed by atoms with E-state index >= 15 is 0 Å². The molecule has 0 aliphatic heterocycles. The molecule has 1 N–H and O–H groups in total. The maximum Gasteiger partial charge on any atom is 0.258 e. The summed E-state index contributed by atoms with van der Waals surface area (Å²) in [6.07, 6.45) is 0. The van der Waals surface area contributed by atoms with E-state index in [1.54, 1.807) is 43.0 Å². The van der Waals surface area contributed by atoms with E-state index in [2.05, 4.69) is 20.6 Å². The smallest absolute Gasteiger partial charge is 0.258 e. The summed E-state index contributed by atoms with van der Waals surface area (Å²) in [4.78, 5) is 12.1. The standard InChI is InChI=1S/C23H20Cl3N5O5/c1-33-17-4-3-13(9-19(17)34-2)23-29-28-20-5-6-22(30-31(20)23)35-8-7-27-21(32)12-36-18-11-15(25)14(24)10-16(18)26/h3-6,9-11H,7-8,12H2,1-2H3,(H,27,32). The Morgan fingerprint density at radius 2 is 1.67 bits per heavy atom. The van der Waals surface area contributed by atoms with E-state index in [1.165, 1.54) is 12.1 Å². The molecule has 4 aromatic rings. The number of ether oxygens (including phenoxy) is 4. The number of fused-ring (bicyclic) bond motifs is 1. The number of halogens is 3. The molecule has 1 amide bonds. The third-order valence-corrected chi connectivity index (χ3v) is 5.91. The first-order chi connectivity index (χ1) is 17.4. The molecule has 10 nitrogen and oxygen atoms in total. The van der Waals surface area contributed by atoms with Gasteiger partial charge in [-0.05, 0) is 30.3 Å². The zero-order chi connectivity index (χ0) is 25.7. The fraction of sp³-hybridized carbons (Fsp3) is 0.217. The van der Waals surface area contributed by atoms with E-state index in [4.69, 9.17) is 53.8 Å². The van der Waals surface area contributed by atoms with Crippen molar-refractivity contribution in [2.45, 2.75) is 0 Å². The molecular formula is C23H20Cl3N5O5. The molecule has 0 atom stereocenters. The SMILES string of the molecule is COc1ccc(-c2nnc3ccc(OCCNC(=O)COc4cc(Cl)c(Cl)cc4Cl)nn23)cc1OC. The number of nitrogens with one attached hydrogen (secondary N) is 1. The third-order valence-electron chi connectivity index (χ3n) is 4.89. The number of nitrogens with zero attached hydrogens (tertiary/aromatic N) is 4. The highest BCUT2D eigenvalue weighted by atomic mass is 35.5. The van der Waals surface area contributed by atoms with Crippen molar-refractivity contribution in [3.63, 3.8) is 0 Å². The van der Waals surface area contributed by atoms with E-state index in [1.807, 2.05) is 6.07 Å². The Balaban J connectivity index is 1.33. The van der Waals surface area contributed by atoms with E-state index in [0.29, 0.717) is 33.9 Å². The lowest BCUT2D eigenvalue weighted by Crippen LogP contribution is -2.32. The number of benzene rings is 2. The highest BCUT2D eigenvalue weighted by molar-refractivity contribution is 6.43. The average Bonchev–Trinajstić information content (AvgIpc) is 3.30. The topological polar surface area (TPSA) is 109 Å². The Hall–Kier alpha value is -3.47. The van der Waals surface area contributed by atoms with Crippen molar-refractivity contribution < 1.29 is 23.7 Å². The van der Waals surface area contributed by atoms with Crippen LogP contribution < -0.4 is 24.3 Å². The lowest BCUT2D eigenvalue weighted by atomic mass is 10.2. The zero-order valence-corrected chi connectivity index (χ0v) is 21.4. The second-order valence-corrected chi connectivity index (χ2v) is 8.44. The number of hydrogen-bond donors (Lipinski definition) is 1. The molecule has 0 saturated carbocycles. The molecule has 0 fully saturated rings. The van der Waals surface area contributed by atoms with E-state index in [0.717, 1.165) is 5.56 Å². The molecule has 188 valence electrons. The van der Waals surface area contributed by atoms with Crippen LogP contribution in [-0.2, 0) is 4.79 Å². The molecule has 2 aromatic heterocycles. The van der Waals surface area contributed by atoms with Crippen LogP contribution in [0.4, 0.5) is 0 Å². The number of aromatic nitrogens is 4. The minimum atomic E-state index is -0.362. The fourth-order valence-electron chi connectivity index (χ4n) is 3.16. The lowest BCUT2D eigenvalue weighted by Gasteiger charge is -2.10. The minimum absolute atomic E-state index is 0.172. The summed E-state index contributed by atoms with van der Waals surface area (Å²) in [7, 11) is 3.12. The van der Waals surface area contributed by atoms with Crippen LogP contribution in [-0.4, -0.2) is 59.7 Å². The van der Waals surface area contributed by atoms with Crippen molar-refractivity contribution >= 4 is 46.4 Å². The van der Waals surface area contributed by atoms with Gasteiger partial charge in [0.2, 0.25) is 5.88 Å². The Labute approximate surface area is 221 Å². The largest absolute Gasteiger partial charge is 0.493 e. The average molecular weight is 553 g/mol. The molecule has 0 bridgehead atoms. The van der Waals surface area contributed by atoms with Gasteiger partial charge in [-0.2, -0.15) is 4.52 Å². The number of carbonyl (C=O) groups excluding carboxylic acids is 1. The van der Waals surface area contributed by atoms with Crippen LogP contribution in [0.15, 0.2) is 42.5 Å². The first-order valence-corrected chi connectivity index (χ1v) is 11.6. The molecule has 0 aliphatic carbocycles. The van der Waals surface area contributed by atoms with Gasteiger partial charge in [0.05, 0.1) is 35.8 Å².